The fourth-order valence-corrected chi connectivity index (χ4v) is 2.39. The van der Waals surface area contributed by atoms with E-state index in [0.29, 0.717) is 0 Å². The van der Waals surface area contributed by atoms with Crippen molar-refractivity contribution in [1.82, 2.24) is 0 Å². The van der Waals surface area contributed by atoms with Crippen molar-refractivity contribution >= 4 is 21.5 Å². The molecule has 117 valence electrons. The van der Waals surface area contributed by atoms with Crippen LogP contribution >= 0.6 is 0 Å². The molecule has 1 radical (unpaired) electrons. The molecule has 23 heavy (non-hydrogen) atoms. The van der Waals surface area contributed by atoms with Crippen LogP contribution in [-0.4, -0.2) is 0 Å². The van der Waals surface area contributed by atoms with Gasteiger partial charge in [-0.25, -0.2) is 0 Å². The van der Waals surface area contributed by atoms with Crippen molar-refractivity contribution in [2.24, 2.45) is 0 Å². The van der Waals surface area contributed by atoms with Crippen LogP contribution in [0, 0.1) is 0 Å². The number of fused-ring (bicyclic) bond motifs is 2. The zero-order chi connectivity index (χ0) is 15.4. The van der Waals surface area contributed by atoms with Gasteiger partial charge in [-0.3, -0.25) is 0 Å². The largest absolute Gasteiger partial charge is 2.00 e. The molecular formula is C20H14CuO2. The SMILES string of the molecule is [Cu+2].[O-]c1cccc2ccccc12.[O-]c1cccc2ccccc12. The molecule has 4 aromatic rings. The maximum absolute atomic E-state index is 11.2. The second-order valence-corrected chi connectivity index (χ2v) is 4.95. The molecule has 0 aliphatic heterocycles. The molecule has 0 bridgehead atoms. The van der Waals surface area contributed by atoms with Crippen LogP contribution < -0.4 is 10.2 Å². The molecule has 0 N–H and O–H groups in total. The Bertz CT molecular complexity index is 831. The molecule has 0 aliphatic rings. The quantitative estimate of drug-likeness (QED) is 0.453. The van der Waals surface area contributed by atoms with Crippen LogP contribution in [0.5, 0.6) is 11.5 Å². The molecule has 0 aliphatic carbocycles. The molecule has 0 fully saturated rings. The second kappa shape index (κ2) is 7.68. The molecule has 0 aromatic heterocycles. The zero-order valence-electron chi connectivity index (χ0n) is 12.2. The van der Waals surface area contributed by atoms with E-state index in [-0.39, 0.29) is 28.6 Å². The first-order valence-corrected chi connectivity index (χ1v) is 7.05. The summed E-state index contributed by atoms with van der Waals surface area (Å²) in [6, 6.07) is 25.8. The van der Waals surface area contributed by atoms with E-state index in [1.54, 1.807) is 24.3 Å². The Balaban J connectivity index is 0.000000160. The third kappa shape index (κ3) is 3.84. The second-order valence-electron chi connectivity index (χ2n) is 4.95. The standard InChI is InChI=1S/2C10H8O.Cu/c2*11-10-7-3-5-8-4-1-2-6-9(8)10;/h2*1-7,11H;/q;;+2/p-2. The molecule has 0 saturated heterocycles. The number of rotatable bonds is 0. The van der Waals surface area contributed by atoms with Crippen molar-refractivity contribution in [1.29, 1.82) is 0 Å². The molecule has 0 amide bonds. The maximum atomic E-state index is 11.2. The van der Waals surface area contributed by atoms with Crippen molar-refractivity contribution in [3.8, 4) is 11.5 Å². The summed E-state index contributed by atoms with van der Waals surface area (Å²) in [5, 5.41) is 26.0. The van der Waals surface area contributed by atoms with E-state index in [9.17, 15) is 10.2 Å². The van der Waals surface area contributed by atoms with Gasteiger partial charge in [0.2, 0.25) is 0 Å². The van der Waals surface area contributed by atoms with Crippen molar-refractivity contribution in [2.45, 2.75) is 0 Å². The molecule has 0 atom stereocenters. The minimum absolute atomic E-state index is 0. The predicted octanol–water partition coefficient (Wildman–Crippen LogP) is 3.82. The van der Waals surface area contributed by atoms with Gasteiger partial charge in [0.15, 0.2) is 0 Å². The van der Waals surface area contributed by atoms with Gasteiger partial charge in [0, 0.05) is 0 Å². The molecule has 0 spiro atoms. The van der Waals surface area contributed by atoms with E-state index in [1.165, 1.54) is 0 Å². The smallest absolute Gasteiger partial charge is 0.872 e. The van der Waals surface area contributed by atoms with Gasteiger partial charge in [0.25, 0.3) is 0 Å². The minimum Gasteiger partial charge on any atom is -0.872 e. The Kier molecular flexibility index (Phi) is 5.64. The van der Waals surface area contributed by atoms with Crippen LogP contribution in [0.3, 0.4) is 0 Å². The van der Waals surface area contributed by atoms with Gasteiger partial charge in [0.05, 0.1) is 0 Å². The summed E-state index contributed by atoms with van der Waals surface area (Å²) >= 11 is 0. The Hall–Kier alpha value is -2.48. The van der Waals surface area contributed by atoms with Crippen LogP contribution in [0.25, 0.3) is 21.5 Å². The average molecular weight is 350 g/mol. The van der Waals surface area contributed by atoms with Crippen LogP contribution in [0.15, 0.2) is 84.9 Å². The fourth-order valence-electron chi connectivity index (χ4n) is 2.39. The summed E-state index contributed by atoms with van der Waals surface area (Å²) < 4.78 is 0. The van der Waals surface area contributed by atoms with Crippen LogP contribution in [-0.2, 0) is 17.1 Å². The van der Waals surface area contributed by atoms with Crippen LogP contribution in [0.1, 0.15) is 0 Å². The Morgan fingerprint density at radius 2 is 0.783 bits per heavy atom. The van der Waals surface area contributed by atoms with Gasteiger partial charge in [-0.1, -0.05) is 84.9 Å². The summed E-state index contributed by atoms with van der Waals surface area (Å²) in [5.74, 6) is 0.200. The Labute approximate surface area is 145 Å². The van der Waals surface area contributed by atoms with E-state index < -0.39 is 0 Å². The van der Waals surface area contributed by atoms with Gasteiger partial charge in [0.1, 0.15) is 0 Å². The number of hydrogen-bond acceptors (Lipinski definition) is 2. The first-order chi connectivity index (χ1) is 10.8. The summed E-state index contributed by atoms with van der Waals surface area (Å²) in [6.45, 7) is 0. The molecule has 4 rings (SSSR count). The first-order valence-electron chi connectivity index (χ1n) is 7.05. The zero-order valence-corrected chi connectivity index (χ0v) is 13.1. The molecule has 2 nitrogen and oxygen atoms in total. The van der Waals surface area contributed by atoms with Crippen molar-refractivity contribution < 1.29 is 27.3 Å². The van der Waals surface area contributed by atoms with E-state index in [2.05, 4.69) is 0 Å². The number of hydrogen-bond donors (Lipinski definition) is 0. The van der Waals surface area contributed by atoms with Gasteiger partial charge in [-0.15, -0.1) is 11.5 Å². The third-order valence-corrected chi connectivity index (χ3v) is 3.50. The van der Waals surface area contributed by atoms with Crippen molar-refractivity contribution in [2.75, 3.05) is 0 Å². The maximum Gasteiger partial charge on any atom is 2.00 e. The summed E-state index contributed by atoms with van der Waals surface area (Å²) in [5.41, 5.74) is 0. The molecule has 0 saturated carbocycles. The molecule has 3 heteroatoms. The average Bonchev–Trinajstić information content (AvgIpc) is 2.57. The van der Waals surface area contributed by atoms with Crippen molar-refractivity contribution in [3.63, 3.8) is 0 Å². The minimum atomic E-state index is 0. The number of benzene rings is 4. The Morgan fingerprint density at radius 3 is 1.17 bits per heavy atom. The summed E-state index contributed by atoms with van der Waals surface area (Å²) in [7, 11) is 0. The Morgan fingerprint density at radius 1 is 0.435 bits per heavy atom. The van der Waals surface area contributed by atoms with E-state index in [1.807, 2.05) is 60.7 Å². The van der Waals surface area contributed by atoms with E-state index in [4.69, 9.17) is 0 Å². The molecule has 0 unspecified atom stereocenters. The monoisotopic (exact) mass is 349 g/mol. The van der Waals surface area contributed by atoms with Gasteiger partial charge in [-0.05, 0) is 21.5 Å². The van der Waals surface area contributed by atoms with Crippen LogP contribution in [0.4, 0.5) is 0 Å². The topological polar surface area (TPSA) is 46.1 Å². The molecule has 4 aromatic carbocycles. The van der Waals surface area contributed by atoms with Gasteiger partial charge < -0.3 is 10.2 Å². The fraction of sp³-hybridized carbons (Fsp3) is 0. The summed E-state index contributed by atoms with van der Waals surface area (Å²) in [6.07, 6.45) is 0. The van der Waals surface area contributed by atoms with Gasteiger partial charge >= 0.3 is 17.1 Å². The van der Waals surface area contributed by atoms with E-state index in [0.717, 1.165) is 21.5 Å². The van der Waals surface area contributed by atoms with Crippen molar-refractivity contribution in [3.05, 3.63) is 84.9 Å². The predicted molar refractivity (Wildman–Crippen MR) is 86.8 cm³/mol. The van der Waals surface area contributed by atoms with E-state index >= 15 is 0 Å². The molecular weight excluding hydrogens is 336 g/mol. The normalized spacial score (nSPS) is 9.74. The molecule has 0 heterocycles. The third-order valence-electron chi connectivity index (χ3n) is 3.50. The van der Waals surface area contributed by atoms with Crippen LogP contribution in [0.2, 0.25) is 0 Å². The summed E-state index contributed by atoms with van der Waals surface area (Å²) in [4.78, 5) is 0. The first kappa shape index (κ1) is 16.9. The van der Waals surface area contributed by atoms with Gasteiger partial charge in [-0.2, -0.15) is 0 Å².